The first kappa shape index (κ1) is 23.2. The number of nitro benzene ring substituents is 2. The fourth-order valence-corrected chi connectivity index (χ4v) is 2.78. The third-order valence-corrected chi connectivity index (χ3v) is 4.51. The minimum Gasteiger partial charge on any atom is -0.493 e. The first-order valence-electron chi connectivity index (χ1n) is 9.16. The summed E-state index contributed by atoms with van der Waals surface area (Å²) in [6.07, 6.45) is 1.35. The second kappa shape index (κ2) is 10.2. The lowest BCUT2D eigenvalue weighted by atomic mass is 10.2. The van der Waals surface area contributed by atoms with E-state index in [4.69, 9.17) is 21.1 Å². The van der Waals surface area contributed by atoms with E-state index in [2.05, 4.69) is 10.5 Å². The van der Waals surface area contributed by atoms with Gasteiger partial charge in [0.2, 0.25) is 0 Å². The zero-order valence-electron chi connectivity index (χ0n) is 16.9. The fraction of sp³-hybridized carbons (Fsp3) is 0.0476. The van der Waals surface area contributed by atoms with Gasteiger partial charge in [0.05, 0.1) is 34.8 Å². The van der Waals surface area contributed by atoms with Crippen LogP contribution in [0.2, 0.25) is 5.02 Å². The van der Waals surface area contributed by atoms with Crippen molar-refractivity contribution in [2.24, 2.45) is 5.10 Å². The van der Waals surface area contributed by atoms with Crippen LogP contribution in [-0.4, -0.2) is 29.1 Å². The van der Waals surface area contributed by atoms with Gasteiger partial charge in [-0.15, -0.1) is 0 Å². The number of halogens is 1. The van der Waals surface area contributed by atoms with Crippen molar-refractivity contribution in [2.75, 3.05) is 12.5 Å². The molecule has 33 heavy (non-hydrogen) atoms. The zero-order chi connectivity index (χ0) is 24.0. The van der Waals surface area contributed by atoms with Gasteiger partial charge in [0.15, 0.2) is 11.5 Å². The van der Waals surface area contributed by atoms with Crippen LogP contribution in [0.1, 0.15) is 15.9 Å². The number of hydrogen-bond acceptors (Lipinski definition) is 9. The second-order valence-corrected chi connectivity index (χ2v) is 6.83. The van der Waals surface area contributed by atoms with Crippen LogP contribution in [0.15, 0.2) is 65.8 Å². The zero-order valence-corrected chi connectivity index (χ0v) is 17.7. The molecule has 0 amide bonds. The Labute approximate surface area is 191 Å². The molecule has 0 spiro atoms. The highest BCUT2D eigenvalue weighted by Crippen LogP contribution is 2.30. The molecule has 0 fully saturated rings. The van der Waals surface area contributed by atoms with Crippen molar-refractivity contribution in [2.45, 2.75) is 0 Å². The predicted molar refractivity (Wildman–Crippen MR) is 120 cm³/mol. The number of esters is 1. The van der Waals surface area contributed by atoms with Crippen molar-refractivity contribution in [3.63, 3.8) is 0 Å². The van der Waals surface area contributed by atoms with E-state index in [0.29, 0.717) is 16.1 Å². The van der Waals surface area contributed by atoms with Crippen molar-refractivity contribution in [3.05, 3.63) is 97.0 Å². The minimum absolute atomic E-state index is 0.0256. The molecule has 0 aliphatic heterocycles. The minimum atomic E-state index is -0.752. The molecule has 0 atom stereocenters. The maximum absolute atomic E-state index is 12.3. The van der Waals surface area contributed by atoms with Gasteiger partial charge in [-0.05, 0) is 54.1 Å². The number of ether oxygens (including phenoxy) is 2. The number of anilines is 1. The van der Waals surface area contributed by atoms with Crippen molar-refractivity contribution < 1.29 is 24.1 Å². The molecule has 12 heteroatoms. The topological polar surface area (TPSA) is 146 Å². The Morgan fingerprint density at radius 1 is 1.00 bits per heavy atom. The van der Waals surface area contributed by atoms with Crippen LogP contribution in [0.3, 0.4) is 0 Å². The Morgan fingerprint density at radius 2 is 1.73 bits per heavy atom. The average molecular weight is 471 g/mol. The quantitative estimate of drug-likeness (QED) is 0.162. The first-order chi connectivity index (χ1) is 15.8. The number of rotatable bonds is 8. The van der Waals surface area contributed by atoms with Gasteiger partial charge in [-0.3, -0.25) is 25.7 Å². The summed E-state index contributed by atoms with van der Waals surface area (Å²) >= 11 is 5.82. The standard InChI is InChI=1S/C21H15ClN4O7/c1-32-20-10-13(2-9-19(20)33-21(27)14-3-5-15(22)6-4-14)12-23-24-17-8-7-16(25(28)29)11-18(17)26(30)31/h2-12,24H,1H3/b23-12-. The molecule has 0 aromatic heterocycles. The number of nitrogens with zero attached hydrogens (tertiary/aromatic N) is 3. The van der Waals surface area contributed by atoms with Gasteiger partial charge in [-0.2, -0.15) is 5.10 Å². The Hall–Kier alpha value is -4.51. The molecule has 0 radical (unpaired) electrons. The summed E-state index contributed by atoms with van der Waals surface area (Å²) in [6.45, 7) is 0. The van der Waals surface area contributed by atoms with E-state index < -0.39 is 27.2 Å². The second-order valence-electron chi connectivity index (χ2n) is 6.39. The third-order valence-electron chi connectivity index (χ3n) is 4.26. The van der Waals surface area contributed by atoms with Gasteiger partial charge in [-0.1, -0.05) is 11.6 Å². The van der Waals surface area contributed by atoms with Crippen LogP contribution >= 0.6 is 11.6 Å². The summed E-state index contributed by atoms with van der Waals surface area (Å²) < 4.78 is 10.6. The van der Waals surface area contributed by atoms with E-state index in [1.54, 1.807) is 24.3 Å². The number of benzene rings is 3. The number of carbonyl (C=O) groups is 1. The van der Waals surface area contributed by atoms with Crippen molar-refractivity contribution >= 4 is 40.8 Å². The van der Waals surface area contributed by atoms with Crippen LogP contribution in [0.4, 0.5) is 17.1 Å². The van der Waals surface area contributed by atoms with Crippen molar-refractivity contribution in [1.82, 2.24) is 0 Å². The Kier molecular flexibility index (Phi) is 7.16. The molecule has 0 aliphatic carbocycles. The summed E-state index contributed by atoms with van der Waals surface area (Å²) in [6, 6.07) is 14.0. The maximum atomic E-state index is 12.3. The summed E-state index contributed by atoms with van der Waals surface area (Å²) in [4.78, 5) is 32.8. The monoisotopic (exact) mass is 470 g/mol. The molecule has 11 nitrogen and oxygen atoms in total. The third kappa shape index (κ3) is 5.80. The molecule has 168 valence electrons. The van der Waals surface area contributed by atoms with Gasteiger partial charge in [0, 0.05) is 11.1 Å². The summed E-state index contributed by atoms with van der Waals surface area (Å²) in [5.41, 5.74) is 2.38. The average Bonchev–Trinajstić information content (AvgIpc) is 2.80. The summed E-state index contributed by atoms with van der Waals surface area (Å²) in [5.74, 6) is -0.172. The number of nitrogens with one attached hydrogen (secondary N) is 1. The van der Waals surface area contributed by atoms with E-state index in [9.17, 15) is 25.0 Å². The lowest BCUT2D eigenvalue weighted by Gasteiger charge is -2.10. The smallest absolute Gasteiger partial charge is 0.343 e. The molecule has 3 aromatic carbocycles. The molecule has 0 unspecified atom stereocenters. The predicted octanol–water partition coefficient (Wildman–Crippen LogP) is 4.83. The number of methoxy groups -OCH3 is 1. The normalized spacial score (nSPS) is 10.6. The van der Waals surface area contributed by atoms with Gasteiger partial charge in [0.1, 0.15) is 5.69 Å². The maximum Gasteiger partial charge on any atom is 0.343 e. The van der Waals surface area contributed by atoms with Crippen LogP contribution in [0, 0.1) is 20.2 Å². The highest BCUT2D eigenvalue weighted by atomic mass is 35.5. The molecule has 3 rings (SSSR count). The van der Waals surface area contributed by atoms with E-state index in [-0.39, 0.29) is 17.2 Å². The van der Waals surface area contributed by atoms with E-state index in [1.807, 2.05) is 0 Å². The number of non-ortho nitro benzene ring substituents is 1. The highest BCUT2D eigenvalue weighted by Gasteiger charge is 2.19. The SMILES string of the molecule is COc1cc(/C=N\Nc2ccc([N+](=O)[O-])cc2[N+](=O)[O-])ccc1OC(=O)c1ccc(Cl)cc1. The molecule has 0 saturated carbocycles. The number of nitro groups is 2. The highest BCUT2D eigenvalue weighted by molar-refractivity contribution is 6.30. The molecule has 0 saturated heterocycles. The van der Waals surface area contributed by atoms with E-state index >= 15 is 0 Å². The van der Waals surface area contributed by atoms with Gasteiger partial charge in [-0.25, -0.2) is 4.79 Å². The first-order valence-corrected chi connectivity index (χ1v) is 9.54. The fourth-order valence-electron chi connectivity index (χ4n) is 2.65. The Bertz CT molecular complexity index is 1250. The van der Waals surface area contributed by atoms with Gasteiger partial charge in [0.25, 0.3) is 5.69 Å². The number of hydrogen-bond donors (Lipinski definition) is 1. The van der Waals surface area contributed by atoms with Gasteiger partial charge < -0.3 is 9.47 Å². The van der Waals surface area contributed by atoms with Crippen molar-refractivity contribution in [1.29, 1.82) is 0 Å². The molecule has 1 N–H and O–H groups in total. The summed E-state index contributed by atoms with van der Waals surface area (Å²) in [7, 11) is 1.40. The molecule has 3 aromatic rings. The van der Waals surface area contributed by atoms with E-state index in [1.165, 1.54) is 37.6 Å². The van der Waals surface area contributed by atoms with Crippen LogP contribution in [0.25, 0.3) is 0 Å². The lowest BCUT2D eigenvalue weighted by molar-refractivity contribution is -0.393. The Morgan fingerprint density at radius 3 is 2.36 bits per heavy atom. The molecular formula is C21H15ClN4O7. The largest absolute Gasteiger partial charge is 0.493 e. The Balaban J connectivity index is 1.74. The number of carbonyl (C=O) groups excluding carboxylic acids is 1. The van der Waals surface area contributed by atoms with Crippen LogP contribution < -0.4 is 14.9 Å². The molecular weight excluding hydrogens is 456 g/mol. The van der Waals surface area contributed by atoms with E-state index in [0.717, 1.165) is 12.1 Å². The van der Waals surface area contributed by atoms with Crippen molar-refractivity contribution in [3.8, 4) is 11.5 Å². The number of hydrazone groups is 1. The van der Waals surface area contributed by atoms with Crippen LogP contribution in [-0.2, 0) is 0 Å². The summed E-state index contributed by atoms with van der Waals surface area (Å²) in [5, 5.41) is 26.4. The molecule has 0 bridgehead atoms. The van der Waals surface area contributed by atoms with Gasteiger partial charge >= 0.3 is 11.7 Å². The van der Waals surface area contributed by atoms with Crippen LogP contribution in [0.5, 0.6) is 11.5 Å². The molecule has 0 heterocycles. The molecule has 0 aliphatic rings. The lowest BCUT2D eigenvalue weighted by Crippen LogP contribution is -2.09.